The summed E-state index contributed by atoms with van der Waals surface area (Å²) in [6.07, 6.45) is 11.7. The molecular weight excluding hydrogens is 266 g/mol. The third-order valence-electron chi connectivity index (χ3n) is 5.83. The molecule has 0 aromatic carbocycles. The van der Waals surface area contributed by atoms with E-state index in [-0.39, 0.29) is 17.9 Å². The van der Waals surface area contributed by atoms with Gasteiger partial charge in [-0.2, -0.15) is 0 Å². The van der Waals surface area contributed by atoms with Crippen LogP contribution in [0.15, 0.2) is 0 Å². The van der Waals surface area contributed by atoms with Crippen LogP contribution in [0.2, 0.25) is 0 Å². The van der Waals surface area contributed by atoms with E-state index < -0.39 is 12.0 Å². The first kappa shape index (κ1) is 14.9. The fourth-order valence-corrected chi connectivity index (χ4v) is 4.73. The zero-order valence-corrected chi connectivity index (χ0v) is 12.8. The second-order valence-corrected chi connectivity index (χ2v) is 7.14. The molecule has 2 aliphatic carbocycles. The number of fused-ring (bicyclic) bond motifs is 1. The summed E-state index contributed by atoms with van der Waals surface area (Å²) in [5, 5.41) is 9.54. The quantitative estimate of drug-likeness (QED) is 0.795. The van der Waals surface area contributed by atoms with E-state index in [2.05, 4.69) is 0 Å². The Kier molecular flexibility index (Phi) is 4.51. The summed E-state index contributed by atoms with van der Waals surface area (Å²) in [4.78, 5) is 26.4. The maximum absolute atomic E-state index is 13.0. The monoisotopic (exact) mass is 293 g/mol. The third kappa shape index (κ3) is 2.95. The lowest BCUT2D eigenvalue weighted by Crippen LogP contribution is -2.48. The number of hydrogen-bond donors (Lipinski definition) is 1. The number of aliphatic carboxylic acids is 1. The second kappa shape index (κ2) is 6.37. The number of rotatable bonds is 2. The highest BCUT2D eigenvalue weighted by molar-refractivity contribution is 5.86. The number of hydrogen-bond acceptors (Lipinski definition) is 2. The van der Waals surface area contributed by atoms with Gasteiger partial charge in [0.05, 0.1) is 0 Å². The fourth-order valence-electron chi connectivity index (χ4n) is 4.73. The van der Waals surface area contributed by atoms with Crippen LogP contribution < -0.4 is 0 Å². The molecule has 4 nitrogen and oxygen atoms in total. The van der Waals surface area contributed by atoms with Crippen molar-refractivity contribution in [2.45, 2.75) is 82.7 Å². The largest absolute Gasteiger partial charge is 0.480 e. The molecule has 3 aliphatic rings. The predicted molar refractivity (Wildman–Crippen MR) is 79.8 cm³/mol. The summed E-state index contributed by atoms with van der Waals surface area (Å²) in [5.74, 6) is -0.144. The highest BCUT2D eigenvalue weighted by Crippen LogP contribution is 2.41. The Morgan fingerprint density at radius 3 is 2.14 bits per heavy atom. The molecule has 118 valence electrons. The molecule has 1 N–H and O–H groups in total. The van der Waals surface area contributed by atoms with Crippen molar-refractivity contribution in [3.63, 3.8) is 0 Å². The Morgan fingerprint density at radius 1 is 0.857 bits per heavy atom. The molecule has 3 rings (SSSR count). The van der Waals surface area contributed by atoms with Crippen molar-refractivity contribution in [3.8, 4) is 0 Å². The zero-order valence-electron chi connectivity index (χ0n) is 12.8. The normalized spacial score (nSPS) is 34.3. The van der Waals surface area contributed by atoms with Crippen molar-refractivity contribution in [1.29, 1.82) is 0 Å². The van der Waals surface area contributed by atoms with Gasteiger partial charge in [-0.1, -0.05) is 38.5 Å². The molecule has 1 saturated heterocycles. The van der Waals surface area contributed by atoms with Gasteiger partial charge in [0.25, 0.3) is 0 Å². The van der Waals surface area contributed by atoms with Gasteiger partial charge >= 0.3 is 5.97 Å². The molecule has 0 aromatic rings. The second-order valence-electron chi connectivity index (χ2n) is 7.14. The van der Waals surface area contributed by atoms with E-state index in [1.807, 2.05) is 4.90 Å². The molecule has 1 heterocycles. The molecule has 0 radical (unpaired) electrons. The van der Waals surface area contributed by atoms with E-state index >= 15 is 0 Å². The SMILES string of the molecule is O=C(O)C1CC2CCCCC2N1C(=O)C1CCCCCC1. The maximum Gasteiger partial charge on any atom is 0.326 e. The number of carboxylic acids is 1. The van der Waals surface area contributed by atoms with Gasteiger partial charge < -0.3 is 10.0 Å². The number of carboxylic acid groups (broad SMARTS) is 1. The summed E-state index contributed by atoms with van der Waals surface area (Å²) in [6.45, 7) is 0. The minimum Gasteiger partial charge on any atom is -0.480 e. The topological polar surface area (TPSA) is 57.6 Å². The molecule has 1 amide bonds. The first-order valence-electron chi connectivity index (χ1n) is 8.73. The summed E-state index contributed by atoms with van der Waals surface area (Å²) in [5.41, 5.74) is 0. The lowest BCUT2D eigenvalue weighted by Gasteiger charge is -2.35. The minimum absolute atomic E-state index is 0.0787. The van der Waals surface area contributed by atoms with Crippen molar-refractivity contribution < 1.29 is 14.7 Å². The van der Waals surface area contributed by atoms with Gasteiger partial charge in [0.2, 0.25) is 5.91 Å². The van der Waals surface area contributed by atoms with Crippen LogP contribution in [0, 0.1) is 11.8 Å². The van der Waals surface area contributed by atoms with Gasteiger partial charge in [0.15, 0.2) is 0 Å². The van der Waals surface area contributed by atoms with Crippen LogP contribution in [0.25, 0.3) is 0 Å². The number of carbonyl (C=O) groups is 2. The Morgan fingerprint density at radius 2 is 1.48 bits per heavy atom. The number of amides is 1. The molecule has 1 aliphatic heterocycles. The Balaban J connectivity index is 1.78. The van der Waals surface area contributed by atoms with Crippen LogP contribution in [0.1, 0.15) is 70.6 Å². The standard InChI is InChI=1S/C17H27NO3/c19-16(12-7-3-1-2-4-8-12)18-14-10-6-5-9-13(14)11-15(18)17(20)21/h12-15H,1-11H2,(H,20,21). The lowest BCUT2D eigenvalue weighted by atomic mass is 9.84. The first-order valence-corrected chi connectivity index (χ1v) is 8.73. The fraction of sp³-hybridized carbons (Fsp3) is 0.882. The van der Waals surface area contributed by atoms with Crippen LogP contribution >= 0.6 is 0 Å². The third-order valence-corrected chi connectivity index (χ3v) is 5.83. The molecule has 2 saturated carbocycles. The predicted octanol–water partition coefficient (Wildman–Crippen LogP) is 3.20. The molecule has 4 heteroatoms. The van der Waals surface area contributed by atoms with Gasteiger partial charge in [-0.3, -0.25) is 4.79 Å². The van der Waals surface area contributed by atoms with E-state index in [9.17, 15) is 14.7 Å². The van der Waals surface area contributed by atoms with Gasteiger partial charge in [0, 0.05) is 12.0 Å². The van der Waals surface area contributed by atoms with Crippen LogP contribution in [-0.4, -0.2) is 34.0 Å². The Labute approximate surface area is 126 Å². The van der Waals surface area contributed by atoms with Crippen molar-refractivity contribution >= 4 is 11.9 Å². The highest BCUT2D eigenvalue weighted by Gasteiger charge is 2.48. The van der Waals surface area contributed by atoms with Crippen molar-refractivity contribution in [2.75, 3.05) is 0 Å². The van der Waals surface area contributed by atoms with Crippen molar-refractivity contribution in [1.82, 2.24) is 4.90 Å². The van der Waals surface area contributed by atoms with Crippen LogP contribution in [0.5, 0.6) is 0 Å². The molecule has 21 heavy (non-hydrogen) atoms. The number of nitrogens with zero attached hydrogens (tertiary/aromatic N) is 1. The van der Waals surface area contributed by atoms with E-state index in [1.54, 1.807) is 0 Å². The van der Waals surface area contributed by atoms with E-state index in [4.69, 9.17) is 0 Å². The molecule has 0 bridgehead atoms. The average molecular weight is 293 g/mol. The van der Waals surface area contributed by atoms with Crippen molar-refractivity contribution in [3.05, 3.63) is 0 Å². The molecular formula is C17H27NO3. The average Bonchev–Trinajstić information content (AvgIpc) is 2.67. The molecule has 3 atom stereocenters. The summed E-state index contributed by atoms with van der Waals surface area (Å²) < 4.78 is 0. The maximum atomic E-state index is 13.0. The Bertz CT molecular complexity index is 401. The molecule has 3 fully saturated rings. The summed E-state index contributed by atoms with van der Waals surface area (Å²) in [6, 6.07) is -0.357. The zero-order chi connectivity index (χ0) is 14.8. The van der Waals surface area contributed by atoms with Crippen LogP contribution in [0.3, 0.4) is 0 Å². The molecule has 3 unspecified atom stereocenters. The van der Waals surface area contributed by atoms with E-state index in [1.165, 1.54) is 19.3 Å². The number of carbonyl (C=O) groups excluding carboxylic acids is 1. The lowest BCUT2D eigenvalue weighted by molar-refractivity contribution is -0.152. The Hall–Kier alpha value is -1.06. The van der Waals surface area contributed by atoms with Gasteiger partial charge in [-0.15, -0.1) is 0 Å². The molecule has 0 aromatic heterocycles. The number of likely N-dealkylation sites (tertiary alicyclic amines) is 1. The van der Waals surface area contributed by atoms with Crippen LogP contribution in [-0.2, 0) is 9.59 Å². The smallest absolute Gasteiger partial charge is 0.326 e. The summed E-state index contributed by atoms with van der Waals surface area (Å²) in [7, 11) is 0. The van der Waals surface area contributed by atoms with Gasteiger partial charge in [0.1, 0.15) is 6.04 Å². The molecule has 0 spiro atoms. The van der Waals surface area contributed by atoms with E-state index in [0.29, 0.717) is 12.3 Å². The minimum atomic E-state index is -0.800. The van der Waals surface area contributed by atoms with Gasteiger partial charge in [-0.05, 0) is 38.0 Å². The first-order chi connectivity index (χ1) is 10.2. The van der Waals surface area contributed by atoms with Gasteiger partial charge in [-0.25, -0.2) is 4.79 Å². The van der Waals surface area contributed by atoms with Crippen LogP contribution in [0.4, 0.5) is 0 Å². The van der Waals surface area contributed by atoms with Crippen molar-refractivity contribution in [2.24, 2.45) is 11.8 Å². The highest BCUT2D eigenvalue weighted by atomic mass is 16.4. The van der Waals surface area contributed by atoms with E-state index in [0.717, 1.165) is 44.9 Å². The summed E-state index contributed by atoms with van der Waals surface area (Å²) >= 11 is 0.